The van der Waals surface area contributed by atoms with Gasteiger partial charge >= 0.3 is 118 Å². The summed E-state index contributed by atoms with van der Waals surface area (Å²) in [7, 11) is -20.2. The molecule has 28 nitrogen and oxygen atoms in total. The molecule has 0 spiro atoms. The van der Waals surface area contributed by atoms with E-state index < -0.39 is 84.5 Å². The van der Waals surface area contributed by atoms with Crippen LogP contribution in [0.25, 0.3) is 12.2 Å². The third kappa shape index (κ3) is 22.2. The van der Waals surface area contributed by atoms with Crippen LogP contribution in [0, 0.1) is 0 Å². The van der Waals surface area contributed by atoms with Crippen LogP contribution in [0.4, 0.5) is 58.4 Å². The minimum absolute atomic E-state index is 0. The van der Waals surface area contributed by atoms with Gasteiger partial charge in [-0.1, -0.05) is 24.3 Å². The number of hydrogen-bond acceptors (Lipinski definition) is 28. The molecule has 0 aliphatic rings. The standard InChI is InChI=1S/C44H52N12O16S4.4Na/c1-25(57)21-55(22-26(2)58)43-51-39(45-31-11-15-35(16-12-31)73(61,62)63)49-41(53-43)47-33-9-7-29(37(19-33)75(67,68)69)5-6-30-8-10-34(20-38(30)76(70,71)72)48-42-50-40(46-32-13-17-36(18-14-32)74(64,65)66)52-44(54-42)56(23-27(3)59)24-28(4)60;;;;/h5-20,25-28,57-60H,21-24H2,1-4H3,(H,61,62,63)(H,64,65,66)(H,67,68,69)(H,70,71,72)(H2,45,47,49,51,53)(H2,46,48,50,52,54);;;;/q;4*+1/p-4. The first-order valence-corrected chi connectivity index (χ1v) is 27.8. The van der Waals surface area contributed by atoms with Gasteiger partial charge < -0.3 is 69.7 Å². The van der Waals surface area contributed by atoms with Crippen molar-refractivity contribution in [2.24, 2.45) is 0 Å². The summed E-state index contributed by atoms with van der Waals surface area (Å²) in [6.45, 7) is 5.53. The molecular formula is C44H48N12Na4O16S4. The molecule has 0 aliphatic heterocycles. The van der Waals surface area contributed by atoms with Crippen molar-refractivity contribution >= 4 is 111 Å². The number of anilines is 10. The van der Waals surface area contributed by atoms with Crippen LogP contribution in [0.5, 0.6) is 0 Å². The van der Waals surface area contributed by atoms with Gasteiger partial charge in [0, 0.05) is 48.9 Å². The fourth-order valence-electron chi connectivity index (χ4n) is 7.03. The second kappa shape index (κ2) is 31.2. The number of nitrogens with zero attached hydrogens (tertiary/aromatic N) is 8. The first-order chi connectivity index (χ1) is 35.4. The molecule has 0 amide bonds. The van der Waals surface area contributed by atoms with Crippen LogP contribution < -0.4 is 149 Å². The smallest absolute Gasteiger partial charge is 0.744 e. The predicted molar refractivity (Wildman–Crippen MR) is 270 cm³/mol. The van der Waals surface area contributed by atoms with E-state index in [1.807, 2.05) is 0 Å². The van der Waals surface area contributed by atoms with Gasteiger partial charge in [0.05, 0.1) is 44.0 Å². The first-order valence-electron chi connectivity index (χ1n) is 22.2. The number of aliphatic hydroxyl groups is 4. The first kappa shape index (κ1) is 73.0. The van der Waals surface area contributed by atoms with E-state index in [1.54, 1.807) is 0 Å². The molecule has 0 saturated heterocycles. The molecule has 2 heterocycles. The zero-order valence-corrected chi connectivity index (χ0v) is 55.5. The molecule has 0 bridgehead atoms. The van der Waals surface area contributed by atoms with E-state index in [0.717, 1.165) is 48.6 Å². The molecule has 6 aromatic rings. The Morgan fingerprint density at radius 1 is 0.412 bits per heavy atom. The van der Waals surface area contributed by atoms with Crippen LogP contribution in [-0.2, 0) is 40.5 Å². The summed E-state index contributed by atoms with van der Waals surface area (Å²) in [6, 6.07) is 16.0. The molecule has 0 fully saturated rings. The molecule has 8 N–H and O–H groups in total. The van der Waals surface area contributed by atoms with Crippen molar-refractivity contribution in [2.75, 3.05) is 57.2 Å². The SMILES string of the molecule is CC(O)CN(CC(C)O)c1nc(Nc2ccc(S(=O)(=O)[O-])cc2)nc(Nc2ccc(C=Cc3ccc(Nc4nc(Nc5ccc(S(=O)(=O)[O-])cc5)nc(N(CC(C)O)CC(C)O)n4)cc3S(=O)(=O)[O-])c(S(=O)(=O)[O-])c2)n1.[Na+].[Na+].[Na+].[Na+]. The molecule has 4 aromatic carbocycles. The van der Waals surface area contributed by atoms with Gasteiger partial charge in [-0.3, -0.25) is 0 Å². The minimum Gasteiger partial charge on any atom is -0.744 e. The van der Waals surface area contributed by atoms with Gasteiger partial charge in [-0.15, -0.1) is 0 Å². The van der Waals surface area contributed by atoms with Crippen molar-refractivity contribution in [3.8, 4) is 0 Å². The number of rotatable bonds is 24. The van der Waals surface area contributed by atoms with E-state index in [2.05, 4.69) is 51.2 Å². The van der Waals surface area contributed by atoms with E-state index in [1.165, 1.54) is 86.0 Å². The molecular weight excluding hydrogens is 1170 g/mol. The van der Waals surface area contributed by atoms with E-state index in [4.69, 9.17) is 0 Å². The van der Waals surface area contributed by atoms with Gasteiger partial charge in [0.25, 0.3) is 0 Å². The number of benzene rings is 4. The fourth-order valence-corrected chi connectivity index (χ4v) is 9.36. The summed E-state index contributed by atoms with van der Waals surface area (Å²) in [5, 5.41) is 52.1. The van der Waals surface area contributed by atoms with E-state index in [9.17, 15) is 72.3 Å². The Balaban J connectivity index is 0.00000547. The topological polar surface area (TPSA) is 442 Å². The van der Waals surface area contributed by atoms with Crippen molar-refractivity contribution in [1.82, 2.24) is 29.9 Å². The maximum Gasteiger partial charge on any atom is 1.00 e. The fraction of sp³-hybridized carbons (Fsp3) is 0.273. The second-order valence-electron chi connectivity index (χ2n) is 17.0. The normalized spacial score (nSPS) is 13.2. The summed E-state index contributed by atoms with van der Waals surface area (Å²) >= 11 is 0. The Morgan fingerprint density at radius 2 is 0.662 bits per heavy atom. The zero-order chi connectivity index (χ0) is 55.9. The quantitative estimate of drug-likeness (QED) is 0.0158. The van der Waals surface area contributed by atoms with Gasteiger partial charge in [-0.05, 0) is 112 Å². The van der Waals surface area contributed by atoms with Crippen molar-refractivity contribution in [3.05, 3.63) is 96.1 Å². The van der Waals surface area contributed by atoms with Crippen molar-refractivity contribution < 1.29 is 191 Å². The van der Waals surface area contributed by atoms with Crippen molar-refractivity contribution in [2.45, 2.75) is 71.7 Å². The summed E-state index contributed by atoms with van der Waals surface area (Å²) in [4.78, 5) is 26.1. The third-order valence-corrected chi connectivity index (χ3v) is 13.6. The molecule has 0 aliphatic carbocycles. The van der Waals surface area contributed by atoms with Crippen LogP contribution >= 0.6 is 0 Å². The molecule has 408 valence electrons. The van der Waals surface area contributed by atoms with Gasteiger partial charge in [0.2, 0.25) is 35.7 Å². The molecule has 0 radical (unpaired) electrons. The number of aromatic nitrogens is 6. The van der Waals surface area contributed by atoms with Crippen LogP contribution in [0.3, 0.4) is 0 Å². The molecule has 4 unspecified atom stereocenters. The van der Waals surface area contributed by atoms with E-state index in [0.29, 0.717) is 0 Å². The number of aliphatic hydroxyl groups excluding tert-OH is 4. The van der Waals surface area contributed by atoms with Crippen molar-refractivity contribution in [3.63, 3.8) is 0 Å². The van der Waals surface area contributed by atoms with E-state index >= 15 is 0 Å². The van der Waals surface area contributed by atoms with Gasteiger partial charge in [0.1, 0.15) is 40.5 Å². The summed E-state index contributed by atoms with van der Waals surface area (Å²) in [6.07, 6.45) is -1.70. The zero-order valence-electron chi connectivity index (χ0n) is 44.3. The predicted octanol–water partition coefficient (Wildman–Crippen LogP) is -10.0. The minimum atomic E-state index is -5.32. The Morgan fingerprint density at radius 3 is 0.900 bits per heavy atom. The Labute approximate surface area is 550 Å². The summed E-state index contributed by atoms with van der Waals surface area (Å²) in [5.41, 5.74) is -0.274. The average Bonchev–Trinajstić information content (AvgIpc) is 3.29. The molecule has 2 aromatic heterocycles. The van der Waals surface area contributed by atoms with Crippen LogP contribution in [0.1, 0.15) is 38.8 Å². The molecule has 6 rings (SSSR count). The number of nitrogens with one attached hydrogen (secondary N) is 4. The molecule has 36 heteroatoms. The molecule has 4 atom stereocenters. The summed E-state index contributed by atoms with van der Waals surface area (Å²) in [5.74, 6) is -1.15. The van der Waals surface area contributed by atoms with Gasteiger partial charge in [-0.2, -0.15) is 29.9 Å². The van der Waals surface area contributed by atoms with Crippen molar-refractivity contribution in [1.29, 1.82) is 0 Å². The van der Waals surface area contributed by atoms with Gasteiger partial charge in [0.15, 0.2) is 0 Å². The van der Waals surface area contributed by atoms with Crippen LogP contribution in [0.15, 0.2) is 105 Å². The summed E-state index contributed by atoms with van der Waals surface area (Å²) < 4.78 is 145. The van der Waals surface area contributed by atoms with Gasteiger partial charge in [-0.25, -0.2) is 33.7 Å². The monoisotopic (exact) mass is 1220 g/mol. The average molecular weight is 1220 g/mol. The molecule has 80 heavy (non-hydrogen) atoms. The Bertz CT molecular complexity index is 3310. The largest absolute Gasteiger partial charge is 1.00 e. The Kier molecular flexibility index (Phi) is 28.5. The maximum absolute atomic E-state index is 12.7. The van der Waals surface area contributed by atoms with E-state index in [-0.39, 0.29) is 214 Å². The number of hydrogen-bond donors (Lipinski definition) is 8. The second-order valence-corrected chi connectivity index (χ2v) is 22.4. The molecule has 0 saturated carbocycles. The van der Waals surface area contributed by atoms with Crippen LogP contribution in [-0.4, -0.2) is 153 Å². The Hall–Kier alpha value is -3.08. The third-order valence-electron chi connectivity index (χ3n) is 10.1. The van der Waals surface area contributed by atoms with Crippen LogP contribution in [0.2, 0.25) is 0 Å². The maximum atomic E-state index is 12.7.